The van der Waals surface area contributed by atoms with Gasteiger partial charge in [0.15, 0.2) is 0 Å². The number of thiazole rings is 1. The fourth-order valence-corrected chi connectivity index (χ4v) is 3.28. The zero-order chi connectivity index (χ0) is 17.1. The molecule has 24 heavy (non-hydrogen) atoms. The lowest BCUT2D eigenvalue weighted by atomic mass is 10.2. The number of nitrogens with zero attached hydrogens (tertiary/aromatic N) is 2. The Morgan fingerprint density at radius 3 is 2.79 bits per heavy atom. The fourth-order valence-electron chi connectivity index (χ4n) is 2.30. The van der Waals surface area contributed by atoms with E-state index in [-0.39, 0.29) is 11.7 Å². The number of amides is 1. The van der Waals surface area contributed by atoms with Gasteiger partial charge in [-0.05, 0) is 29.8 Å². The first-order valence-electron chi connectivity index (χ1n) is 7.24. The molecule has 3 rings (SSSR count). The van der Waals surface area contributed by atoms with Gasteiger partial charge >= 0.3 is 0 Å². The molecule has 0 fully saturated rings. The number of rotatable bonds is 4. The first-order chi connectivity index (χ1) is 11.5. The van der Waals surface area contributed by atoms with E-state index in [9.17, 15) is 9.18 Å². The minimum atomic E-state index is -0.315. The molecule has 0 aliphatic rings. The number of hydrogen-bond acceptors (Lipinski definition) is 3. The van der Waals surface area contributed by atoms with Gasteiger partial charge in [-0.15, -0.1) is 11.3 Å². The molecule has 6 heteroatoms. The summed E-state index contributed by atoms with van der Waals surface area (Å²) in [7, 11) is 1.67. The van der Waals surface area contributed by atoms with Crippen LogP contribution in [0, 0.1) is 5.82 Å². The van der Waals surface area contributed by atoms with E-state index in [1.165, 1.54) is 28.4 Å². The first kappa shape index (κ1) is 16.6. The third-order valence-electron chi connectivity index (χ3n) is 3.45. The van der Waals surface area contributed by atoms with Crippen molar-refractivity contribution in [1.29, 1.82) is 0 Å². The van der Waals surface area contributed by atoms with E-state index in [1.54, 1.807) is 30.6 Å². The maximum atomic E-state index is 13.2. The zero-order valence-electron chi connectivity index (χ0n) is 12.9. The normalized spacial score (nSPS) is 10.6. The summed E-state index contributed by atoms with van der Waals surface area (Å²) in [6, 6.07) is 13.5. The molecule has 0 saturated heterocycles. The van der Waals surface area contributed by atoms with Crippen molar-refractivity contribution in [3.05, 3.63) is 76.0 Å². The van der Waals surface area contributed by atoms with Crippen molar-refractivity contribution in [3.63, 3.8) is 0 Å². The summed E-state index contributed by atoms with van der Waals surface area (Å²) >= 11 is 7.38. The maximum Gasteiger partial charge on any atom is 0.273 e. The number of benzene rings is 2. The molecule has 1 amide bonds. The van der Waals surface area contributed by atoms with Crippen molar-refractivity contribution < 1.29 is 9.18 Å². The molecule has 0 spiro atoms. The highest BCUT2D eigenvalue weighted by atomic mass is 35.5. The molecule has 0 radical (unpaired) electrons. The average molecular weight is 361 g/mol. The Kier molecular flexibility index (Phi) is 4.92. The van der Waals surface area contributed by atoms with Gasteiger partial charge in [0, 0.05) is 29.6 Å². The second kappa shape index (κ2) is 7.11. The molecule has 3 nitrogen and oxygen atoms in total. The molecule has 0 aliphatic heterocycles. The SMILES string of the molecule is CN(Cc1cccc(F)c1)C(=O)c1csc(-c2cccc(Cl)c2)n1. The highest BCUT2D eigenvalue weighted by molar-refractivity contribution is 7.13. The van der Waals surface area contributed by atoms with E-state index < -0.39 is 0 Å². The van der Waals surface area contributed by atoms with E-state index >= 15 is 0 Å². The van der Waals surface area contributed by atoms with Gasteiger partial charge in [-0.2, -0.15) is 0 Å². The summed E-state index contributed by atoms with van der Waals surface area (Å²) in [5, 5.41) is 3.08. The molecule has 0 aliphatic carbocycles. The average Bonchev–Trinajstić information content (AvgIpc) is 3.04. The number of aromatic nitrogens is 1. The van der Waals surface area contributed by atoms with Crippen LogP contribution in [0.2, 0.25) is 5.02 Å². The fraction of sp³-hybridized carbons (Fsp3) is 0.111. The van der Waals surface area contributed by atoms with Gasteiger partial charge in [-0.3, -0.25) is 4.79 Å². The lowest BCUT2D eigenvalue weighted by Gasteiger charge is -2.16. The smallest absolute Gasteiger partial charge is 0.273 e. The summed E-state index contributed by atoms with van der Waals surface area (Å²) in [5.41, 5.74) is 1.98. The van der Waals surface area contributed by atoms with Gasteiger partial charge in [-0.25, -0.2) is 9.37 Å². The van der Waals surface area contributed by atoms with Gasteiger partial charge in [0.25, 0.3) is 5.91 Å². The van der Waals surface area contributed by atoms with Crippen molar-refractivity contribution in [2.75, 3.05) is 7.05 Å². The first-order valence-corrected chi connectivity index (χ1v) is 8.50. The summed E-state index contributed by atoms with van der Waals surface area (Å²) in [6.07, 6.45) is 0. The zero-order valence-corrected chi connectivity index (χ0v) is 14.4. The molecule has 3 aromatic rings. The van der Waals surface area contributed by atoms with Crippen LogP contribution in [-0.2, 0) is 6.54 Å². The Labute approximate surface area is 148 Å². The van der Waals surface area contributed by atoms with Crippen molar-refractivity contribution in [2.45, 2.75) is 6.54 Å². The second-order valence-electron chi connectivity index (χ2n) is 5.34. The summed E-state index contributed by atoms with van der Waals surface area (Å²) in [4.78, 5) is 18.4. The molecular formula is C18H14ClFN2OS. The minimum Gasteiger partial charge on any atom is -0.336 e. The molecule has 0 bridgehead atoms. The summed E-state index contributed by atoms with van der Waals surface area (Å²) in [6.45, 7) is 0.320. The topological polar surface area (TPSA) is 33.2 Å². The third kappa shape index (κ3) is 3.80. The molecule has 1 heterocycles. The second-order valence-corrected chi connectivity index (χ2v) is 6.63. The van der Waals surface area contributed by atoms with Crippen molar-refractivity contribution in [2.24, 2.45) is 0 Å². The van der Waals surface area contributed by atoms with Crippen LogP contribution < -0.4 is 0 Å². The van der Waals surface area contributed by atoms with Crippen LogP contribution in [-0.4, -0.2) is 22.8 Å². The molecule has 122 valence electrons. The molecule has 0 N–H and O–H groups in total. The Morgan fingerprint density at radius 2 is 2.04 bits per heavy atom. The number of carbonyl (C=O) groups excluding carboxylic acids is 1. The number of halogens is 2. The summed E-state index contributed by atoms with van der Waals surface area (Å²) in [5.74, 6) is -0.519. The Morgan fingerprint density at radius 1 is 1.25 bits per heavy atom. The van der Waals surface area contributed by atoms with Crippen LogP contribution in [0.4, 0.5) is 4.39 Å². The van der Waals surface area contributed by atoms with Crippen LogP contribution >= 0.6 is 22.9 Å². The lowest BCUT2D eigenvalue weighted by molar-refractivity contribution is 0.0780. The predicted molar refractivity (Wildman–Crippen MR) is 94.8 cm³/mol. The Bertz CT molecular complexity index is 881. The molecule has 0 saturated carbocycles. The highest BCUT2D eigenvalue weighted by Crippen LogP contribution is 2.26. The Hall–Kier alpha value is -2.24. The monoisotopic (exact) mass is 360 g/mol. The molecule has 0 atom stereocenters. The van der Waals surface area contributed by atoms with Crippen molar-refractivity contribution in [3.8, 4) is 10.6 Å². The highest BCUT2D eigenvalue weighted by Gasteiger charge is 2.16. The molecule has 2 aromatic carbocycles. The molecule has 1 aromatic heterocycles. The lowest BCUT2D eigenvalue weighted by Crippen LogP contribution is -2.26. The van der Waals surface area contributed by atoms with Crippen LogP contribution in [0.25, 0.3) is 10.6 Å². The van der Waals surface area contributed by atoms with E-state index in [1.807, 2.05) is 18.2 Å². The van der Waals surface area contributed by atoms with Gasteiger partial charge in [0.2, 0.25) is 0 Å². The maximum absolute atomic E-state index is 13.2. The van der Waals surface area contributed by atoms with E-state index in [2.05, 4.69) is 4.98 Å². The Balaban J connectivity index is 1.75. The number of hydrogen-bond donors (Lipinski definition) is 0. The largest absolute Gasteiger partial charge is 0.336 e. The van der Waals surface area contributed by atoms with Crippen LogP contribution in [0.5, 0.6) is 0 Å². The van der Waals surface area contributed by atoms with E-state index in [0.717, 1.165) is 16.1 Å². The van der Waals surface area contributed by atoms with Gasteiger partial charge in [0.1, 0.15) is 16.5 Å². The van der Waals surface area contributed by atoms with Gasteiger partial charge < -0.3 is 4.90 Å². The van der Waals surface area contributed by atoms with E-state index in [0.29, 0.717) is 17.3 Å². The summed E-state index contributed by atoms with van der Waals surface area (Å²) < 4.78 is 13.2. The quantitative estimate of drug-likeness (QED) is 0.664. The molecular weight excluding hydrogens is 347 g/mol. The predicted octanol–water partition coefficient (Wildman–Crippen LogP) is 4.87. The van der Waals surface area contributed by atoms with Gasteiger partial charge in [-0.1, -0.05) is 35.9 Å². The van der Waals surface area contributed by atoms with Crippen LogP contribution in [0.1, 0.15) is 16.1 Å². The van der Waals surface area contributed by atoms with Crippen LogP contribution in [0.15, 0.2) is 53.9 Å². The minimum absolute atomic E-state index is 0.205. The van der Waals surface area contributed by atoms with E-state index in [4.69, 9.17) is 11.6 Å². The van der Waals surface area contributed by atoms with Crippen molar-refractivity contribution in [1.82, 2.24) is 9.88 Å². The number of carbonyl (C=O) groups is 1. The standard InChI is InChI=1S/C18H14ClFN2OS/c1-22(10-12-4-2-7-15(20)8-12)18(23)16-11-24-17(21-16)13-5-3-6-14(19)9-13/h2-9,11H,10H2,1H3. The van der Waals surface area contributed by atoms with Crippen LogP contribution in [0.3, 0.4) is 0 Å². The third-order valence-corrected chi connectivity index (χ3v) is 4.58. The van der Waals surface area contributed by atoms with Crippen molar-refractivity contribution >= 4 is 28.8 Å². The molecule has 0 unspecified atom stereocenters. The van der Waals surface area contributed by atoms with Gasteiger partial charge in [0.05, 0.1) is 0 Å².